The van der Waals surface area contributed by atoms with E-state index in [1.54, 1.807) is 7.05 Å². The van der Waals surface area contributed by atoms with Crippen molar-refractivity contribution >= 4 is 21.7 Å². The van der Waals surface area contributed by atoms with Gasteiger partial charge in [-0.3, -0.25) is 9.78 Å². The Morgan fingerprint density at radius 2 is 1.81 bits per heavy atom. The molecule has 0 bridgehead atoms. The summed E-state index contributed by atoms with van der Waals surface area (Å²) in [7, 11) is 1.72. The van der Waals surface area contributed by atoms with Crippen molar-refractivity contribution in [2.24, 2.45) is 13.0 Å². The van der Waals surface area contributed by atoms with Gasteiger partial charge in [0.1, 0.15) is 0 Å². The maximum Gasteiger partial charge on any atom is 0.275 e. The summed E-state index contributed by atoms with van der Waals surface area (Å²) in [4.78, 5) is 17.2. The van der Waals surface area contributed by atoms with Crippen molar-refractivity contribution < 1.29 is 0 Å². The summed E-state index contributed by atoms with van der Waals surface area (Å²) in [6.07, 6.45) is 4.79. The molecule has 0 amide bonds. The minimum Gasteiger partial charge on any atom is -0.347 e. The predicted molar refractivity (Wildman–Crippen MR) is 104 cm³/mol. The maximum absolute atomic E-state index is 12.5. The first-order chi connectivity index (χ1) is 12.5. The van der Waals surface area contributed by atoms with Gasteiger partial charge in [0, 0.05) is 30.2 Å². The highest BCUT2D eigenvalue weighted by Crippen LogP contribution is 2.19. The number of benzene rings is 1. The molecule has 0 saturated heterocycles. The van der Waals surface area contributed by atoms with Crippen molar-refractivity contribution in [1.82, 2.24) is 19.3 Å². The molecule has 0 aliphatic carbocycles. The van der Waals surface area contributed by atoms with Gasteiger partial charge in [-0.2, -0.15) is 5.10 Å². The fourth-order valence-electron chi connectivity index (χ4n) is 3.38. The Bertz CT molecular complexity index is 1150. The summed E-state index contributed by atoms with van der Waals surface area (Å²) in [5, 5.41) is 7.28. The molecule has 0 aliphatic heterocycles. The van der Waals surface area contributed by atoms with E-state index in [-0.39, 0.29) is 5.56 Å². The van der Waals surface area contributed by atoms with Crippen LogP contribution in [0.2, 0.25) is 0 Å². The minimum atomic E-state index is -0.0577. The van der Waals surface area contributed by atoms with E-state index in [2.05, 4.69) is 31.1 Å². The topological polar surface area (TPSA) is 52.7 Å². The van der Waals surface area contributed by atoms with E-state index in [9.17, 15) is 4.79 Å². The lowest BCUT2D eigenvalue weighted by Crippen LogP contribution is -2.21. The number of pyridine rings is 1. The van der Waals surface area contributed by atoms with Crippen molar-refractivity contribution in [2.75, 3.05) is 0 Å². The van der Waals surface area contributed by atoms with Crippen LogP contribution in [0, 0.1) is 5.92 Å². The first kappa shape index (κ1) is 16.5. The molecule has 4 rings (SSSR count). The highest BCUT2D eigenvalue weighted by molar-refractivity contribution is 5.83. The second-order valence-corrected chi connectivity index (χ2v) is 7.23. The SMILES string of the molecule is CC(C)Cc1nn(C)c(=O)c2cn(Cc3ccc4ccccc4n3)cc12. The molecule has 3 aromatic heterocycles. The van der Waals surface area contributed by atoms with Crippen molar-refractivity contribution in [2.45, 2.75) is 26.8 Å². The van der Waals surface area contributed by atoms with Gasteiger partial charge >= 0.3 is 0 Å². The third kappa shape index (κ3) is 3.01. The fraction of sp³-hybridized carbons (Fsp3) is 0.286. The minimum absolute atomic E-state index is 0.0577. The molecule has 4 aromatic rings. The van der Waals surface area contributed by atoms with Crippen LogP contribution in [-0.4, -0.2) is 19.3 Å². The third-order valence-electron chi connectivity index (χ3n) is 4.59. The van der Waals surface area contributed by atoms with Gasteiger partial charge in [-0.25, -0.2) is 4.68 Å². The number of fused-ring (bicyclic) bond motifs is 2. The summed E-state index contributed by atoms with van der Waals surface area (Å²) in [6, 6.07) is 12.2. The van der Waals surface area contributed by atoms with Crippen LogP contribution in [-0.2, 0) is 20.0 Å². The van der Waals surface area contributed by atoms with E-state index < -0.39 is 0 Å². The van der Waals surface area contributed by atoms with Crippen LogP contribution in [0.5, 0.6) is 0 Å². The second-order valence-electron chi connectivity index (χ2n) is 7.23. The molecular formula is C21H22N4O. The van der Waals surface area contributed by atoms with Crippen molar-refractivity contribution in [3.05, 3.63) is 70.5 Å². The molecule has 0 aliphatic rings. The van der Waals surface area contributed by atoms with Crippen LogP contribution in [0.15, 0.2) is 53.6 Å². The van der Waals surface area contributed by atoms with Crippen molar-refractivity contribution in [1.29, 1.82) is 0 Å². The van der Waals surface area contributed by atoms with Crippen molar-refractivity contribution in [3.63, 3.8) is 0 Å². The number of aryl methyl sites for hydroxylation is 1. The van der Waals surface area contributed by atoms with E-state index in [0.717, 1.165) is 39.5 Å². The number of hydrogen-bond donors (Lipinski definition) is 0. The van der Waals surface area contributed by atoms with E-state index in [1.165, 1.54) is 4.68 Å². The monoisotopic (exact) mass is 346 g/mol. The van der Waals surface area contributed by atoms with Gasteiger partial charge in [-0.15, -0.1) is 0 Å². The number of aromatic nitrogens is 4. The van der Waals surface area contributed by atoms with E-state index in [4.69, 9.17) is 4.98 Å². The van der Waals surface area contributed by atoms with Gasteiger partial charge in [0.15, 0.2) is 0 Å². The summed E-state index contributed by atoms with van der Waals surface area (Å²) in [6.45, 7) is 4.95. The van der Waals surface area contributed by atoms with Crippen LogP contribution in [0.25, 0.3) is 21.7 Å². The van der Waals surface area contributed by atoms with Gasteiger partial charge in [0.05, 0.1) is 28.8 Å². The summed E-state index contributed by atoms with van der Waals surface area (Å²) in [5.74, 6) is 0.480. The first-order valence-corrected chi connectivity index (χ1v) is 8.91. The Balaban J connectivity index is 1.76. The summed E-state index contributed by atoms with van der Waals surface area (Å²) < 4.78 is 3.48. The molecule has 1 aromatic carbocycles. The highest BCUT2D eigenvalue weighted by Gasteiger charge is 2.13. The lowest BCUT2D eigenvalue weighted by molar-refractivity contribution is 0.605. The largest absolute Gasteiger partial charge is 0.347 e. The Kier molecular flexibility index (Phi) is 4.07. The van der Waals surface area contributed by atoms with Crippen LogP contribution in [0.1, 0.15) is 25.2 Å². The zero-order valence-electron chi connectivity index (χ0n) is 15.3. The van der Waals surface area contributed by atoms with Crippen molar-refractivity contribution in [3.8, 4) is 0 Å². The molecule has 0 atom stereocenters. The predicted octanol–water partition coefficient (Wildman–Crippen LogP) is 3.53. The number of nitrogens with zero attached hydrogens (tertiary/aromatic N) is 4. The van der Waals surface area contributed by atoms with Gasteiger partial charge < -0.3 is 4.57 Å². The molecule has 132 valence electrons. The maximum atomic E-state index is 12.5. The lowest BCUT2D eigenvalue weighted by Gasteiger charge is -2.07. The zero-order valence-corrected chi connectivity index (χ0v) is 15.3. The van der Waals surface area contributed by atoms with Crippen LogP contribution in [0.3, 0.4) is 0 Å². The van der Waals surface area contributed by atoms with E-state index in [0.29, 0.717) is 12.5 Å². The molecule has 5 nitrogen and oxygen atoms in total. The molecule has 0 spiro atoms. The van der Waals surface area contributed by atoms with Gasteiger partial charge in [0.2, 0.25) is 0 Å². The second kappa shape index (κ2) is 6.41. The molecular weight excluding hydrogens is 324 g/mol. The zero-order chi connectivity index (χ0) is 18.3. The van der Waals surface area contributed by atoms with E-state index in [1.807, 2.05) is 41.2 Å². The van der Waals surface area contributed by atoms with Crippen LogP contribution < -0.4 is 5.56 Å². The fourth-order valence-corrected chi connectivity index (χ4v) is 3.38. The normalized spacial score (nSPS) is 11.7. The molecule has 0 saturated carbocycles. The Morgan fingerprint density at radius 1 is 1.04 bits per heavy atom. The number of para-hydroxylation sites is 1. The Labute approximate surface area is 151 Å². The molecule has 0 fully saturated rings. The first-order valence-electron chi connectivity index (χ1n) is 8.91. The van der Waals surface area contributed by atoms with Crippen LogP contribution in [0.4, 0.5) is 0 Å². The summed E-state index contributed by atoms with van der Waals surface area (Å²) in [5.41, 5.74) is 2.87. The molecule has 5 heteroatoms. The smallest absolute Gasteiger partial charge is 0.275 e. The quantitative estimate of drug-likeness (QED) is 0.568. The average Bonchev–Trinajstić information content (AvgIpc) is 3.03. The summed E-state index contributed by atoms with van der Waals surface area (Å²) >= 11 is 0. The lowest BCUT2D eigenvalue weighted by atomic mass is 10.1. The molecule has 3 heterocycles. The van der Waals surface area contributed by atoms with E-state index >= 15 is 0 Å². The molecule has 0 unspecified atom stereocenters. The van der Waals surface area contributed by atoms with Crippen LogP contribution >= 0.6 is 0 Å². The number of rotatable bonds is 4. The standard InChI is InChI=1S/C21H22N4O/c1-14(2)10-20-17-12-25(13-18(17)21(26)24(3)23-20)11-16-9-8-15-6-4-5-7-19(15)22-16/h4-9,12-14H,10-11H2,1-3H3. The Hall–Kier alpha value is -2.95. The molecule has 0 N–H and O–H groups in total. The Morgan fingerprint density at radius 3 is 2.62 bits per heavy atom. The third-order valence-corrected chi connectivity index (χ3v) is 4.59. The average molecular weight is 346 g/mol. The van der Waals surface area contributed by atoms with Gasteiger partial charge in [-0.05, 0) is 24.5 Å². The molecule has 26 heavy (non-hydrogen) atoms. The number of hydrogen-bond acceptors (Lipinski definition) is 3. The highest BCUT2D eigenvalue weighted by atomic mass is 16.1. The van der Waals surface area contributed by atoms with Gasteiger partial charge in [-0.1, -0.05) is 38.1 Å². The van der Waals surface area contributed by atoms with Gasteiger partial charge in [0.25, 0.3) is 5.56 Å². The molecule has 0 radical (unpaired) electrons.